The fourth-order valence-electron chi connectivity index (χ4n) is 7.08. The molecule has 2 rings (SSSR count). The monoisotopic (exact) mass is 1040 g/mol. The SMILES string of the molecule is CCCCCC/C=C\CCCCCCCCCC(=O)O[C@H](COC(=O)CCC/C=C\C/C=C\C/C=C\C=C\C(=O)CCCCC)COP(=O)(O)OP(=O)(O)OC[C@H]1O[C@@H](n2ccc(N)nc2=O)[C@H](O)[C@@H]1O. The van der Waals surface area contributed by atoms with Crippen LogP contribution in [-0.4, -0.2) is 91.5 Å². The van der Waals surface area contributed by atoms with Crippen molar-refractivity contribution >= 4 is 39.2 Å². The van der Waals surface area contributed by atoms with Crippen LogP contribution in [0.1, 0.15) is 168 Å². The number of hydrogen-bond donors (Lipinski definition) is 5. The van der Waals surface area contributed by atoms with E-state index in [4.69, 9.17) is 29.0 Å². The van der Waals surface area contributed by atoms with Gasteiger partial charge in [0.2, 0.25) is 0 Å². The third kappa shape index (κ3) is 30.7. The van der Waals surface area contributed by atoms with Crippen LogP contribution in [0.5, 0.6) is 0 Å². The number of hydrogen-bond acceptors (Lipinski definition) is 16. The van der Waals surface area contributed by atoms with Gasteiger partial charge in [-0.25, -0.2) is 13.9 Å². The van der Waals surface area contributed by atoms with Crippen molar-refractivity contribution in [2.75, 3.05) is 25.6 Å². The molecule has 19 nitrogen and oxygen atoms in total. The number of unbranched alkanes of at least 4 members (excludes halogenated alkanes) is 14. The number of phosphoric acid groups is 2. The number of nitrogen functional groups attached to an aromatic ring is 1. The van der Waals surface area contributed by atoms with Crippen molar-refractivity contribution in [3.8, 4) is 0 Å². The molecule has 0 aromatic carbocycles. The molecule has 1 aromatic rings. The number of aliphatic hydroxyl groups excluding tert-OH is 2. The Morgan fingerprint density at radius 3 is 1.97 bits per heavy atom. The Bertz CT molecular complexity index is 1990. The molecule has 0 saturated carbocycles. The summed E-state index contributed by atoms with van der Waals surface area (Å²) >= 11 is 0. The highest BCUT2D eigenvalue weighted by Crippen LogP contribution is 2.60. The van der Waals surface area contributed by atoms with E-state index in [-0.39, 0.29) is 24.4 Å². The lowest BCUT2D eigenvalue weighted by Crippen LogP contribution is -2.36. The van der Waals surface area contributed by atoms with Gasteiger partial charge in [0.25, 0.3) is 0 Å². The van der Waals surface area contributed by atoms with Crippen LogP contribution in [0.15, 0.2) is 77.8 Å². The highest BCUT2D eigenvalue weighted by atomic mass is 31.3. The molecule has 402 valence electrons. The summed E-state index contributed by atoms with van der Waals surface area (Å²) < 4.78 is 56.6. The molecule has 2 unspecified atom stereocenters. The largest absolute Gasteiger partial charge is 0.481 e. The molecular weight excluding hydrogens is 961 g/mol. The summed E-state index contributed by atoms with van der Waals surface area (Å²) in [6, 6.07) is 1.24. The maximum atomic E-state index is 12.9. The van der Waals surface area contributed by atoms with Crippen molar-refractivity contribution in [2.45, 2.75) is 192 Å². The third-order valence-electron chi connectivity index (χ3n) is 11.1. The maximum Gasteiger partial charge on any atom is 0.481 e. The van der Waals surface area contributed by atoms with Crippen molar-refractivity contribution in [3.63, 3.8) is 0 Å². The van der Waals surface area contributed by atoms with Crippen molar-refractivity contribution in [2.24, 2.45) is 0 Å². The van der Waals surface area contributed by atoms with Crippen molar-refractivity contribution in [3.05, 3.63) is 83.5 Å². The van der Waals surface area contributed by atoms with Crippen LogP contribution in [0.2, 0.25) is 0 Å². The molecule has 6 N–H and O–H groups in total. The number of carbonyl (C=O) groups is 3. The molecule has 7 atom stereocenters. The number of aliphatic hydroxyl groups is 2. The molecule has 71 heavy (non-hydrogen) atoms. The predicted molar refractivity (Wildman–Crippen MR) is 271 cm³/mol. The number of carbonyl (C=O) groups excluding carboxylic acids is 3. The number of nitrogens with two attached hydrogens (primary N) is 1. The smallest absolute Gasteiger partial charge is 0.462 e. The second-order valence-corrected chi connectivity index (χ2v) is 20.4. The van der Waals surface area contributed by atoms with Crippen LogP contribution >= 0.6 is 15.6 Å². The van der Waals surface area contributed by atoms with Gasteiger partial charge in [0, 0.05) is 25.5 Å². The summed E-state index contributed by atoms with van der Waals surface area (Å²) in [4.78, 5) is 73.6. The van der Waals surface area contributed by atoms with E-state index in [9.17, 15) is 48.3 Å². The van der Waals surface area contributed by atoms with Gasteiger partial charge >= 0.3 is 33.3 Å². The summed E-state index contributed by atoms with van der Waals surface area (Å²) in [6.07, 6.45) is 32.9. The highest BCUT2D eigenvalue weighted by Gasteiger charge is 2.46. The Labute approximate surface area is 419 Å². The van der Waals surface area contributed by atoms with E-state index < -0.39 is 83.7 Å². The molecule has 0 bridgehead atoms. The van der Waals surface area contributed by atoms with E-state index in [0.717, 1.165) is 87.8 Å². The van der Waals surface area contributed by atoms with E-state index >= 15 is 0 Å². The minimum atomic E-state index is -5.45. The van der Waals surface area contributed by atoms with E-state index in [2.05, 4.69) is 35.3 Å². The van der Waals surface area contributed by atoms with Gasteiger partial charge < -0.3 is 39.9 Å². The first-order chi connectivity index (χ1) is 34.1. The summed E-state index contributed by atoms with van der Waals surface area (Å²) in [5.41, 5.74) is 4.57. The molecule has 1 aliphatic rings. The molecule has 2 heterocycles. The Hall–Kier alpha value is -3.87. The molecule has 21 heteroatoms. The standard InChI is InChI=1S/C50H81N3O16P2/c1-3-5-7-8-9-10-11-12-13-14-17-21-24-27-31-35-46(56)67-42(38-64-45(55)34-30-26-23-20-18-15-16-19-22-25-29-33-41(54)32-28-6-4-2)39-65-70(60,61)69-71(62,63)66-40-43-47(57)48(58)49(68-43)53-37-36-44(51)52-50(53)59/h10-11,15-16,20,22-23,25,29,33,36-37,42-43,47-49,57-58H,3-9,12-14,17-19,21,24,26-28,30-32,34-35,38-40H2,1-2H3,(H,60,61)(H,62,63)(H2,51,52,59)/b11-10-,16-15-,23-20-,25-22-,33-29+/t42-,43-,47-,48-,49-/m1/s1. The van der Waals surface area contributed by atoms with Crippen LogP contribution in [0.3, 0.4) is 0 Å². The number of nitrogens with zero attached hydrogens (tertiary/aromatic N) is 2. The van der Waals surface area contributed by atoms with E-state index in [1.165, 1.54) is 31.7 Å². The van der Waals surface area contributed by atoms with E-state index in [1.807, 2.05) is 36.5 Å². The minimum Gasteiger partial charge on any atom is -0.462 e. The molecule has 0 spiro atoms. The number of aromatic nitrogens is 2. The van der Waals surface area contributed by atoms with Crippen LogP contribution in [-0.2, 0) is 51.1 Å². The van der Waals surface area contributed by atoms with Crippen molar-refractivity contribution < 1.29 is 71.1 Å². The summed E-state index contributed by atoms with van der Waals surface area (Å²) in [6.45, 7) is 1.91. The first-order valence-corrected chi connectivity index (χ1v) is 28.2. The molecule has 0 amide bonds. The average Bonchev–Trinajstić information content (AvgIpc) is 3.60. The lowest BCUT2D eigenvalue weighted by molar-refractivity contribution is -0.161. The summed E-state index contributed by atoms with van der Waals surface area (Å²) in [5, 5.41) is 20.9. The first kappa shape index (κ1) is 63.2. The van der Waals surface area contributed by atoms with Crippen LogP contribution in [0.4, 0.5) is 5.82 Å². The normalized spacial score (nSPS) is 19.6. The van der Waals surface area contributed by atoms with Crippen LogP contribution in [0.25, 0.3) is 0 Å². The highest BCUT2D eigenvalue weighted by molar-refractivity contribution is 7.61. The van der Waals surface area contributed by atoms with Crippen LogP contribution < -0.4 is 11.4 Å². The average molecular weight is 1040 g/mol. The topological polar surface area (TPSA) is 283 Å². The number of phosphoric ester groups is 2. The Morgan fingerprint density at radius 1 is 0.718 bits per heavy atom. The third-order valence-corrected chi connectivity index (χ3v) is 13.7. The van der Waals surface area contributed by atoms with Gasteiger partial charge in [0.1, 0.15) is 30.7 Å². The molecule has 0 radical (unpaired) electrons. The molecule has 1 aliphatic heterocycles. The van der Waals surface area contributed by atoms with Crippen LogP contribution in [0, 0.1) is 0 Å². The number of ketones is 1. The minimum absolute atomic E-state index is 0.0194. The van der Waals surface area contributed by atoms with E-state index in [0.29, 0.717) is 32.1 Å². The molecule has 1 saturated heterocycles. The maximum absolute atomic E-state index is 12.9. The van der Waals surface area contributed by atoms with Gasteiger partial charge in [-0.3, -0.25) is 28.0 Å². The fourth-order valence-corrected chi connectivity index (χ4v) is 9.19. The van der Waals surface area contributed by atoms with Gasteiger partial charge in [0.15, 0.2) is 18.1 Å². The van der Waals surface area contributed by atoms with Gasteiger partial charge in [0.05, 0.1) is 13.2 Å². The zero-order valence-electron chi connectivity index (χ0n) is 41.8. The van der Waals surface area contributed by atoms with Gasteiger partial charge in [-0.2, -0.15) is 9.29 Å². The Morgan fingerprint density at radius 2 is 1.28 bits per heavy atom. The molecule has 1 aromatic heterocycles. The number of ether oxygens (including phenoxy) is 3. The zero-order chi connectivity index (χ0) is 52.2. The molecular formula is C50H81N3O16P2. The summed E-state index contributed by atoms with van der Waals surface area (Å²) in [7, 11) is -10.9. The number of esters is 2. The zero-order valence-corrected chi connectivity index (χ0v) is 43.5. The Balaban J connectivity index is 1.84. The van der Waals surface area contributed by atoms with E-state index in [1.54, 1.807) is 12.2 Å². The Kier molecular flexibility index (Phi) is 33.7. The lowest BCUT2D eigenvalue weighted by Gasteiger charge is -2.21. The number of anilines is 1. The summed E-state index contributed by atoms with van der Waals surface area (Å²) in [5.74, 6) is -1.28. The fraction of sp³-hybridized carbons (Fsp3) is 0.660. The second-order valence-electron chi connectivity index (χ2n) is 17.3. The molecule has 0 aliphatic carbocycles. The predicted octanol–water partition coefficient (Wildman–Crippen LogP) is 9.51. The first-order valence-electron chi connectivity index (χ1n) is 25.3. The molecule has 1 fully saturated rings. The van der Waals surface area contributed by atoms with Crippen molar-refractivity contribution in [1.82, 2.24) is 9.55 Å². The van der Waals surface area contributed by atoms with Gasteiger partial charge in [-0.05, 0) is 76.4 Å². The quantitative estimate of drug-likeness (QED) is 0.0102. The van der Waals surface area contributed by atoms with Gasteiger partial charge in [-0.15, -0.1) is 0 Å². The lowest BCUT2D eigenvalue weighted by atomic mass is 10.1. The number of allylic oxidation sites excluding steroid dienone is 10. The number of rotatable bonds is 41. The van der Waals surface area contributed by atoms with Crippen molar-refractivity contribution in [1.29, 1.82) is 0 Å². The second kappa shape index (κ2) is 37.8. The van der Waals surface area contributed by atoms with Gasteiger partial charge in [-0.1, -0.05) is 133 Å².